The summed E-state index contributed by atoms with van der Waals surface area (Å²) in [5, 5.41) is 2.65. The monoisotopic (exact) mass is 393 g/mol. The van der Waals surface area contributed by atoms with Crippen LogP contribution < -0.4 is 10.1 Å². The van der Waals surface area contributed by atoms with Crippen molar-refractivity contribution in [3.05, 3.63) is 59.7 Å². The molecule has 1 fully saturated rings. The zero-order valence-corrected chi connectivity index (χ0v) is 15.5. The van der Waals surface area contributed by atoms with Gasteiger partial charge in [0, 0.05) is 38.4 Å². The van der Waals surface area contributed by atoms with E-state index < -0.39 is 11.7 Å². The second-order valence-corrected chi connectivity index (χ2v) is 6.62. The summed E-state index contributed by atoms with van der Waals surface area (Å²) in [5.41, 5.74) is 0.778. The van der Waals surface area contributed by atoms with Crippen molar-refractivity contribution >= 4 is 11.7 Å². The highest BCUT2D eigenvalue weighted by Gasteiger charge is 2.30. The topological polar surface area (TPSA) is 44.8 Å². The molecule has 0 atom stereocenters. The number of methoxy groups -OCH3 is 1. The summed E-state index contributed by atoms with van der Waals surface area (Å²) in [6, 6.07) is 12.0. The number of alkyl halides is 3. The van der Waals surface area contributed by atoms with E-state index in [0.29, 0.717) is 18.8 Å². The maximum absolute atomic E-state index is 12.6. The maximum atomic E-state index is 12.6. The normalized spacial score (nSPS) is 15.4. The van der Waals surface area contributed by atoms with Gasteiger partial charge in [0.1, 0.15) is 5.75 Å². The summed E-state index contributed by atoms with van der Waals surface area (Å²) < 4.78 is 42.9. The second kappa shape index (κ2) is 8.52. The Morgan fingerprint density at radius 2 is 1.61 bits per heavy atom. The van der Waals surface area contributed by atoms with Crippen LogP contribution in [0.2, 0.25) is 0 Å². The minimum absolute atomic E-state index is 0.302. The van der Waals surface area contributed by atoms with Gasteiger partial charge in [-0.1, -0.05) is 12.1 Å². The van der Waals surface area contributed by atoms with Crippen LogP contribution in [0.25, 0.3) is 0 Å². The number of amides is 2. The molecule has 0 aromatic heterocycles. The molecule has 0 saturated carbocycles. The summed E-state index contributed by atoms with van der Waals surface area (Å²) in [6.45, 7) is 3.36. The van der Waals surface area contributed by atoms with Gasteiger partial charge >= 0.3 is 12.2 Å². The van der Waals surface area contributed by atoms with E-state index in [1.807, 2.05) is 24.3 Å². The van der Waals surface area contributed by atoms with Gasteiger partial charge in [0.05, 0.1) is 12.7 Å². The molecule has 2 aromatic rings. The van der Waals surface area contributed by atoms with Crippen LogP contribution >= 0.6 is 0 Å². The Kier molecular flexibility index (Phi) is 6.08. The van der Waals surface area contributed by atoms with E-state index in [4.69, 9.17) is 4.74 Å². The average Bonchev–Trinajstić information content (AvgIpc) is 2.69. The minimum Gasteiger partial charge on any atom is -0.497 e. The van der Waals surface area contributed by atoms with Crippen LogP contribution in [0, 0.1) is 0 Å². The third kappa shape index (κ3) is 5.16. The lowest BCUT2D eigenvalue weighted by atomic mass is 10.2. The first-order valence-corrected chi connectivity index (χ1v) is 8.93. The van der Waals surface area contributed by atoms with Crippen molar-refractivity contribution in [1.29, 1.82) is 0 Å². The molecule has 1 N–H and O–H groups in total. The molecule has 2 aromatic carbocycles. The maximum Gasteiger partial charge on any atom is 0.416 e. The van der Waals surface area contributed by atoms with Crippen molar-refractivity contribution in [1.82, 2.24) is 9.80 Å². The van der Waals surface area contributed by atoms with Crippen molar-refractivity contribution < 1.29 is 22.7 Å². The fourth-order valence-electron chi connectivity index (χ4n) is 3.04. The number of nitrogens with one attached hydrogen (secondary N) is 1. The zero-order chi connectivity index (χ0) is 20.1. The third-order valence-corrected chi connectivity index (χ3v) is 4.69. The summed E-state index contributed by atoms with van der Waals surface area (Å²) in [6.07, 6.45) is -4.39. The summed E-state index contributed by atoms with van der Waals surface area (Å²) >= 11 is 0. The Morgan fingerprint density at radius 3 is 2.14 bits per heavy atom. The molecule has 3 rings (SSSR count). The van der Waals surface area contributed by atoms with Gasteiger partial charge in [-0.05, 0) is 42.0 Å². The lowest BCUT2D eigenvalue weighted by Crippen LogP contribution is -2.49. The molecule has 1 aliphatic rings. The molecular weight excluding hydrogens is 371 g/mol. The van der Waals surface area contributed by atoms with Crippen LogP contribution in [-0.2, 0) is 12.7 Å². The van der Waals surface area contributed by atoms with Crippen LogP contribution in [0.1, 0.15) is 11.1 Å². The van der Waals surface area contributed by atoms with Crippen molar-refractivity contribution in [3.63, 3.8) is 0 Å². The zero-order valence-electron chi connectivity index (χ0n) is 15.5. The van der Waals surface area contributed by atoms with Gasteiger partial charge in [0.25, 0.3) is 0 Å². The lowest BCUT2D eigenvalue weighted by molar-refractivity contribution is -0.137. The van der Waals surface area contributed by atoms with Gasteiger partial charge in [0.15, 0.2) is 0 Å². The molecule has 0 radical (unpaired) electrons. The van der Waals surface area contributed by atoms with Crippen molar-refractivity contribution in [2.24, 2.45) is 0 Å². The number of urea groups is 1. The molecule has 0 bridgehead atoms. The molecule has 1 saturated heterocycles. The molecule has 8 heteroatoms. The number of nitrogens with zero attached hydrogens (tertiary/aromatic N) is 2. The number of hydrogen-bond donors (Lipinski definition) is 1. The van der Waals surface area contributed by atoms with E-state index in [-0.39, 0.29) is 6.03 Å². The van der Waals surface area contributed by atoms with E-state index >= 15 is 0 Å². The number of anilines is 1. The second-order valence-electron chi connectivity index (χ2n) is 6.62. The quantitative estimate of drug-likeness (QED) is 0.852. The van der Waals surface area contributed by atoms with Gasteiger partial charge in [-0.3, -0.25) is 4.90 Å². The molecule has 2 amide bonds. The number of piperazine rings is 1. The first-order chi connectivity index (χ1) is 13.3. The highest BCUT2D eigenvalue weighted by Crippen LogP contribution is 2.29. The Hall–Kier alpha value is -2.74. The predicted molar refractivity (Wildman–Crippen MR) is 100 cm³/mol. The van der Waals surface area contributed by atoms with Crippen LogP contribution in [0.5, 0.6) is 5.75 Å². The van der Waals surface area contributed by atoms with Crippen molar-refractivity contribution in [2.75, 3.05) is 38.6 Å². The fraction of sp³-hybridized carbons (Fsp3) is 0.350. The highest BCUT2D eigenvalue weighted by molar-refractivity contribution is 5.89. The Bertz CT molecular complexity index is 784. The standard InChI is InChI=1S/C20H22F3N3O2/c1-28-18-8-2-15(3-9-18)14-25-10-12-26(13-11-25)19(27)24-17-6-4-16(5-7-17)20(21,22)23/h2-9H,10-14H2,1H3,(H,24,27). The number of carbonyl (C=O) groups excluding carboxylic acids is 1. The number of benzene rings is 2. The highest BCUT2D eigenvalue weighted by atomic mass is 19.4. The average molecular weight is 393 g/mol. The SMILES string of the molecule is COc1ccc(CN2CCN(C(=O)Nc3ccc(C(F)(F)F)cc3)CC2)cc1. The molecular formula is C20H22F3N3O2. The van der Waals surface area contributed by atoms with Gasteiger partial charge in [-0.25, -0.2) is 4.79 Å². The first kappa shape index (κ1) is 20.0. The van der Waals surface area contributed by atoms with Gasteiger partial charge < -0.3 is 15.0 Å². The van der Waals surface area contributed by atoms with E-state index in [2.05, 4.69) is 10.2 Å². The van der Waals surface area contributed by atoms with Crippen molar-refractivity contribution in [2.45, 2.75) is 12.7 Å². The number of carbonyl (C=O) groups is 1. The molecule has 5 nitrogen and oxygen atoms in total. The first-order valence-electron chi connectivity index (χ1n) is 8.93. The Balaban J connectivity index is 1.48. The van der Waals surface area contributed by atoms with Crippen LogP contribution in [-0.4, -0.2) is 49.1 Å². The molecule has 150 valence electrons. The van der Waals surface area contributed by atoms with Crippen LogP contribution in [0.3, 0.4) is 0 Å². The van der Waals surface area contributed by atoms with Crippen LogP contribution in [0.15, 0.2) is 48.5 Å². The number of hydrogen-bond acceptors (Lipinski definition) is 3. The summed E-state index contributed by atoms with van der Waals surface area (Å²) in [4.78, 5) is 16.3. The van der Waals surface area contributed by atoms with E-state index in [9.17, 15) is 18.0 Å². The molecule has 28 heavy (non-hydrogen) atoms. The molecule has 0 aliphatic carbocycles. The molecule has 1 aliphatic heterocycles. The summed E-state index contributed by atoms with van der Waals surface area (Å²) in [7, 11) is 1.63. The molecule has 0 spiro atoms. The Labute approximate surface area is 161 Å². The number of ether oxygens (including phenoxy) is 1. The fourth-order valence-corrected chi connectivity index (χ4v) is 3.04. The van der Waals surface area contributed by atoms with Crippen LogP contribution in [0.4, 0.5) is 23.7 Å². The van der Waals surface area contributed by atoms with Gasteiger partial charge in [-0.15, -0.1) is 0 Å². The minimum atomic E-state index is -4.39. The number of halogens is 3. The van der Waals surface area contributed by atoms with E-state index in [1.54, 1.807) is 12.0 Å². The molecule has 0 unspecified atom stereocenters. The molecule has 1 heterocycles. The largest absolute Gasteiger partial charge is 0.497 e. The third-order valence-electron chi connectivity index (χ3n) is 4.69. The lowest BCUT2D eigenvalue weighted by Gasteiger charge is -2.34. The predicted octanol–water partition coefficient (Wildman–Crippen LogP) is 4.06. The van der Waals surface area contributed by atoms with E-state index in [1.165, 1.54) is 17.7 Å². The van der Waals surface area contributed by atoms with Gasteiger partial charge in [-0.2, -0.15) is 13.2 Å². The number of rotatable bonds is 4. The van der Waals surface area contributed by atoms with E-state index in [0.717, 1.165) is 37.5 Å². The van der Waals surface area contributed by atoms with Gasteiger partial charge in [0.2, 0.25) is 0 Å². The Morgan fingerprint density at radius 1 is 1.00 bits per heavy atom. The smallest absolute Gasteiger partial charge is 0.416 e. The summed E-state index contributed by atoms with van der Waals surface area (Å²) in [5.74, 6) is 0.813. The van der Waals surface area contributed by atoms with Crippen molar-refractivity contribution in [3.8, 4) is 5.75 Å².